The highest BCUT2D eigenvalue weighted by molar-refractivity contribution is 9.10. The van der Waals surface area contributed by atoms with Gasteiger partial charge in [-0.2, -0.15) is 0 Å². The number of ether oxygens (including phenoxy) is 1. The molecule has 1 atom stereocenters. The molecular formula is C12H16BrNO3. The van der Waals surface area contributed by atoms with Crippen LogP contribution in [0.15, 0.2) is 10.5 Å². The lowest BCUT2D eigenvalue weighted by molar-refractivity contribution is -0.137. The summed E-state index contributed by atoms with van der Waals surface area (Å²) in [6.07, 6.45) is -0.118. The molecule has 94 valence electrons. The number of carboxylic acids is 1. The van der Waals surface area contributed by atoms with Gasteiger partial charge in [0.25, 0.3) is 0 Å². The summed E-state index contributed by atoms with van der Waals surface area (Å²) < 4.78 is 6.09. The summed E-state index contributed by atoms with van der Waals surface area (Å²) in [6.45, 7) is 3.87. The maximum atomic E-state index is 10.7. The molecular weight excluding hydrogens is 286 g/mol. The minimum atomic E-state index is -0.920. The zero-order valence-corrected chi connectivity index (χ0v) is 11.7. The molecule has 1 unspecified atom stereocenters. The average Bonchev–Trinajstić information content (AvgIpc) is 2.21. The molecule has 1 rings (SSSR count). The van der Waals surface area contributed by atoms with Gasteiger partial charge in [-0.25, -0.2) is 0 Å². The highest BCUT2D eigenvalue weighted by Gasteiger charge is 2.21. The lowest BCUT2D eigenvalue weighted by atomic mass is 9.95. The van der Waals surface area contributed by atoms with Crippen molar-refractivity contribution < 1.29 is 14.6 Å². The number of rotatable bonds is 4. The molecule has 0 aliphatic carbocycles. The fourth-order valence-electron chi connectivity index (χ4n) is 1.82. The van der Waals surface area contributed by atoms with Crippen molar-refractivity contribution in [2.75, 3.05) is 7.11 Å². The molecule has 5 heteroatoms. The Morgan fingerprint density at radius 2 is 2.18 bits per heavy atom. The second-order valence-corrected chi connectivity index (χ2v) is 4.81. The van der Waals surface area contributed by atoms with Crippen LogP contribution >= 0.6 is 15.9 Å². The van der Waals surface area contributed by atoms with Crippen molar-refractivity contribution in [2.45, 2.75) is 26.3 Å². The first-order valence-corrected chi connectivity index (χ1v) is 5.98. The van der Waals surface area contributed by atoms with E-state index in [9.17, 15) is 4.79 Å². The molecule has 0 fully saturated rings. The summed E-state index contributed by atoms with van der Waals surface area (Å²) in [7, 11) is 1.55. The van der Waals surface area contributed by atoms with Crippen LogP contribution in [0.4, 0.5) is 0 Å². The minimum Gasteiger partial charge on any atom is -0.495 e. The normalized spacial score (nSPS) is 12.3. The van der Waals surface area contributed by atoms with Crippen LogP contribution in [0.1, 0.15) is 29.2 Å². The van der Waals surface area contributed by atoms with Crippen LogP contribution in [0.3, 0.4) is 0 Å². The van der Waals surface area contributed by atoms with Crippen molar-refractivity contribution in [1.82, 2.24) is 0 Å². The molecule has 17 heavy (non-hydrogen) atoms. The van der Waals surface area contributed by atoms with E-state index in [4.69, 9.17) is 15.6 Å². The first-order chi connectivity index (χ1) is 7.88. The summed E-state index contributed by atoms with van der Waals surface area (Å²) in [6, 6.07) is 1.36. The zero-order valence-electron chi connectivity index (χ0n) is 10.1. The third-order valence-electron chi connectivity index (χ3n) is 2.77. The van der Waals surface area contributed by atoms with Crippen LogP contribution in [0.2, 0.25) is 0 Å². The molecule has 0 amide bonds. The second-order valence-electron chi connectivity index (χ2n) is 3.95. The Morgan fingerprint density at radius 3 is 2.65 bits per heavy atom. The molecule has 0 aliphatic rings. The highest BCUT2D eigenvalue weighted by Crippen LogP contribution is 2.37. The topological polar surface area (TPSA) is 72.5 Å². The van der Waals surface area contributed by atoms with Crippen LogP contribution in [0.25, 0.3) is 0 Å². The largest absolute Gasteiger partial charge is 0.495 e. The predicted octanol–water partition coefficient (Wildman–Crippen LogP) is 2.55. The summed E-state index contributed by atoms with van der Waals surface area (Å²) in [5.74, 6) is -0.307. The number of carboxylic acid groups (broad SMARTS) is 1. The maximum Gasteiger partial charge on any atom is 0.305 e. The van der Waals surface area contributed by atoms with Crippen molar-refractivity contribution in [3.63, 3.8) is 0 Å². The van der Waals surface area contributed by atoms with Crippen molar-refractivity contribution in [1.29, 1.82) is 0 Å². The number of benzene rings is 1. The van der Waals surface area contributed by atoms with Gasteiger partial charge in [-0.3, -0.25) is 4.79 Å². The number of carbonyl (C=O) groups is 1. The molecule has 0 aromatic heterocycles. The second kappa shape index (κ2) is 5.51. The number of hydrogen-bond donors (Lipinski definition) is 2. The van der Waals surface area contributed by atoms with Gasteiger partial charge < -0.3 is 15.6 Å². The van der Waals surface area contributed by atoms with Crippen LogP contribution in [-0.2, 0) is 4.79 Å². The first kappa shape index (κ1) is 14.0. The van der Waals surface area contributed by atoms with Gasteiger partial charge in [0.05, 0.1) is 18.0 Å². The van der Waals surface area contributed by atoms with Gasteiger partial charge >= 0.3 is 5.97 Å². The van der Waals surface area contributed by atoms with Gasteiger partial charge in [0, 0.05) is 11.6 Å². The van der Waals surface area contributed by atoms with E-state index in [1.54, 1.807) is 7.11 Å². The first-order valence-electron chi connectivity index (χ1n) is 5.19. The third-order valence-corrected chi connectivity index (χ3v) is 3.36. The number of halogens is 1. The SMILES string of the molecule is COc1c(Br)cc(C)c(C)c1C(N)CC(=O)O. The van der Waals surface area contributed by atoms with Crippen molar-refractivity contribution >= 4 is 21.9 Å². The summed E-state index contributed by atoms with van der Waals surface area (Å²) in [5, 5.41) is 8.81. The molecule has 1 aromatic carbocycles. The number of hydrogen-bond acceptors (Lipinski definition) is 3. The third kappa shape index (κ3) is 2.98. The minimum absolute atomic E-state index is 0.118. The number of aliphatic carboxylic acids is 1. The van der Waals surface area contributed by atoms with E-state index in [1.165, 1.54) is 0 Å². The van der Waals surface area contributed by atoms with Gasteiger partial charge in [0.15, 0.2) is 0 Å². The van der Waals surface area contributed by atoms with Gasteiger partial charge in [-0.15, -0.1) is 0 Å². The zero-order chi connectivity index (χ0) is 13.2. The molecule has 3 N–H and O–H groups in total. The quantitative estimate of drug-likeness (QED) is 0.896. The fourth-order valence-corrected chi connectivity index (χ4v) is 2.54. The monoisotopic (exact) mass is 301 g/mol. The van der Waals surface area contributed by atoms with Crippen LogP contribution in [-0.4, -0.2) is 18.2 Å². The maximum absolute atomic E-state index is 10.7. The van der Waals surface area contributed by atoms with Crippen molar-refractivity contribution in [2.24, 2.45) is 5.73 Å². The summed E-state index contributed by atoms with van der Waals surface area (Å²) in [4.78, 5) is 10.7. The van der Waals surface area contributed by atoms with Crippen LogP contribution < -0.4 is 10.5 Å². The molecule has 0 spiro atoms. The van der Waals surface area contributed by atoms with E-state index in [0.717, 1.165) is 21.2 Å². The standard InChI is InChI=1S/C12H16BrNO3/c1-6-4-8(13)12(17-3)11(7(6)2)9(14)5-10(15)16/h4,9H,5,14H2,1-3H3,(H,15,16). The van der Waals surface area contributed by atoms with E-state index in [0.29, 0.717) is 5.75 Å². The molecule has 0 aliphatic heterocycles. The number of aryl methyl sites for hydroxylation is 1. The Hall–Kier alpha value is -1.07. The predicted molar refractivity (Wildman–Crippen MR) is 69.3 cm³/mol. The molecule has 0 radical (unpaired) electrons. The Bertz CT molecular complexity index is 446. The van der Waals surface area contributed by atoms with E-state index in [1.807, 2.05) is 19.9 Å². The van der Waals surface area contributed by atoms with Gasteiger partial charge in [-0.1, -0.05) is 0 Å². The van der Waals surface area contributed by atoms with E-state index < -0.39 is 12.0 Å². The Balaban J connectivity index is 3.33. The Kier molecular flexibility index (Phi) is 4.54. The molecule has 0 heterocycles. The van der Waals surface area contributed by atoms with E-state index in [2.05, 4.69) is 15.9 Å². The number of nitrogens with two attached hydrogens (primary N) is 1. The molecule has 1 aromatic rings. The Labute approximate surface area is 109 Å². The lowest BCUT2D eigenvalue weighted by Gasteiger charge is -2.20. The van der Waals surface area contributed by atoms with E-state index in [-0.39, 0.29) is 6.42 Å². The van der Waals surface area contributed by atoms with Crippen LogP contribution in [0, 0.1) is 13.8 Å². The highest BCUT2D eigenvalue weighted by atomic mass is 79.9. The molecule has 0 bridgehead atoms. The number of methoxy groups -OCH3 is 1. The van der Waals surface area contributed by atoms with Crippen molar-refractivity contribution in [3.8, 4) is 5.75 Å². The molecule has 0 saturated carbocycles. The van der Waals surface area contributed by atoms with Gasteiger partial charge in [-0.05, 0) is 47.0 Å². The van der Waals surface area contributed by atoms with Gasteiger partial charge in [0.1, 0.15) is 5.75 Å². The fraction of sp³-hybridized carbons (Fsp3) is 0.417. The summed E-state index contributed by atoms with van der Waals surface area (Å²) in [5.41, 5.74) is 8.70. The Morgan fingerprint density at radius 1 is 1.59 bits per heavy atom. The molecule has 0 saturated heterocycles. The lowest BCUT2D eigenvalue weighted by Crippen LogP contribution is -2.17. The van der Waals surface area contributed by atoms with Crippen molar-refractivity contribution in [3.05, 3.63) is 27.2 Å². The van der Waals surface area contributed by atoms with E-state index >= 15 is 0 Å². The van der Waals surface area contributed by atoms with Crippen LogP contribution in [0.5, 0.6) is 5.75 Å². The smallest absolute Gasteiger partial charge is 0.305 e. The molecule has 4 nitrogen and oxygen atoms in total. The van der Waals surface area contributed by atoms with Gasteiger partial charge in [0.2, 0.25) is 0 Å². The average molecular weight is 302 g/mol. The summed E-state index contributed by atoms with van der Waals surface area (Å²) >= 11 is 3.40.